The van der Waals surface area contributed by atoms with E-state index in [1.54, 1.807) is 13.8 Å². The Balaban J connectivity index is 1.75. The van der Waals surface area contributed by atoms with Crippen LogP contribution in [0.15, 0.2) is 11.6 Å². The van der Waals surface area contributed by atoms with Crippen LogP contribution in [0.2, 0.25) is 0 Å². The van der Waals surface area contributed by atoms with Crippen molar-refractivity contribution in [1.29, 1.82) is 0 Å². The second kappa shape index (κ2) is 6.57. The van der Waals surface area contributed by atoms with E-state index in [1.807, 2.05) is 5.92 Å². The minimum atomic E-state index is -2.85. The van der Waals surface area contributed by atoms with Crippen molar-refractivity contribution in [2.24, 2.45) is 17.3 Å². The normalized spacial score (nSPS) is 25.1. The topological polar surface area (TPSA) is 26.3 Å². The molecule has 2 atom stereocenters. The molecule has 2 aliphatic carbocycles. The smallest absolute Gasteiger partial charge is 0.310 e. The molecule has 0 heterocycles. The number of esters is 1. The summed E-state index contributed by atoms with van der Waals surface area (Å²) in [5.41, 5.74) is -2.86. The molecule has 0 N–H and O–H groups in total. The van der Waals surface area contributed by atoms with Crippen LogP contribution < -0.4 is 0 Å². The van der Waals surface area contributed by atoms with E-state index in [1.165, 1.54) is 13.0 Å². The zero-order valence-corrected chi connectivity index (χ0v) is 15.2. The third kappa shape index (κ3) is 3.27. The Labute approximate surface area is 157 Å². The van der Waals surface area contributed by atoms with E-state index in [9.17, 15) is 31.1 Å². The molecule has 2 unspecified atom stereocenters. The Morgan fingerprint density at radius 2 is 1.68 bits per heavy atom. The Bertz CT molecular complexity index is 923. The van der Waals surface area contributed by atoms with Gasteiger partial charge >= 0.3 is 5.97 Å². The van der Waals surface area contributed by atoms with Gasteiger partial charge in [0.15, 0.2) is 23.3 Å². The first-order valence-corrected chi connectivity index (χ1v) is 8.46. The van der Waals surface area contributed by atoms with E-state index in [-0.39, 0.29) is 12.0 Å². The lowest BCUT2D eigenvalue weighted by Gasteiger charge is -2.10. The molecular formula is C20H16F6O2. The van der Waals surface area contributed by atoms with E-state index in [4.69, 9.17) is 4.74 Å². The van der Waals surface area contributed by atoms with Crippen molar-refractivity contribution in [2.45, 2.75) is 39.7 Å². The van der Waals surface area contributed by atoms with E-state index >= 15 is 0 Å². The monoisotopic (exact) mass is 402 g/mol. The van der Waals surface area contributed by atoms with Gasteiger partial charge in [-0.3, -0.25) is 4.79 Å². The molecule has 0 saturated heterocycles. The molecule has 0 amide bonds. The molecule has 3 rings (SSSR count). The van der Waals surface area contributed by atoms with Crippen LogP contribution in [-0.4, -0.2) is 11.9 Å². The zero-order valence-electron chi connectivity index (χ0n) is 15.2. The molecule has 0 spiro atoms. The summed E-state index contributed by atoms with van der Waals surface area (Å²) in [6.45, 7) is 3.54. The summed E-state index contributed by atoms with van der Waals surface area (Å²) in [6.07, 6.45) is 0.966. The molecule has 8 heteroatoms. The van der Waals surface area contributed by atoms with Gasteiger partial charge in [-0.1, -0.05) is 25.8 Å². The lowest BCUT2D eigenvalue weighted by atomic mass is 10.1. The fourth-order valence-corrected chi connectivity index (χ4v) is 3.30. The lowest BCUT2D eigenvalue weighted by Crippen LogP contribution is -2.14. The number of hydrogen-bond donors (Lipinski definition) is 0. The van der Waals surface area contributed by atoms with Crippen molar-refractivity contribution in [2.75, 3.05) is 0 Å². The average molecular weight is 402 g/mol. The number of rotatable bonds is 4. The van der Waals surface area contributed by atoms with Gasteiger partial charge in [-0.2, -0.15) is 0 Å². The standard InChI is InChI=1S/C20H16F6O2/c1-4-5-10-14(21)16(23)11(17(24)15(10)22)8-28-18(27)13-12(19(13,2)3)6-9-7-20(9,25)26/h6,12-13H,7-8H2,1-3H3. The lowest BCUT2D eigenvalue weighted by molar-refractivity contribution is -0.147. The predicted molar refractivity (Wildman–Crippen MR) is 87.0 cm³/mol. The van der Waals surface area contributed by atoms with Crippen LogP contribution in [0, 0.1) is 52.4 Å². The molecule has 0 aromatic heterocycles. The quantitative estimate of drug-likeness (QED) is 0.236. The molecular weight excluding hydrogens is 386 g/mol. The first kappa shape index (κ1) is 20.3. The Morgan fingerprint density at radius 3 is 2.14 bits per heavy atom. The van der Waals surface area contributed by atoms with Gasteiger partial charge in [-0.15, -0.1) is 5.92 Å². The number of carbonyl (C=O) groups is 1. The van der Waals surface area contributed by atoms with Crippen molar-refractivity contribution in [1.82, 2.24) is 0 Å². The summed E-state index contributed by atoms with van der Waals surface area (Å²) >= 11 is 0. The maximum Gasteiger partial charge on any atom is 0.310 e. The maximum atomic E-state index is 14.1. The van der Waals surface area contributed by atoms with Crippen LogP contribution in [0.25, 0.3) is 0 Å². The number of ether oxygens (including phenoxy) is 1. The average Bonchev–Trinajstić information content (AvgIpc) is 3.40. The van der Waals surface area contributed by atoms with Gasteiger partial charge in [0.05, 0.1) is 11.5 Å². The number of benzene rings is 1. The summed E-state index contributed by atoms with van der Waals surface area (Å²) in [5.74, 6) is -7.69. The van der Waals surface area contributed by atoms with Gasteiger partial charge in [-0.05, 0) is 18.3 Å². The number of halogens is 6. The number of allylic oxidation sites excluding steroid dienone is 2. The van der Waals surface area contributed by atoms with E-state index < -0.39 is 70.1 Å². The van der Waals surface area contributed by atoms with Crippen molar-refractivity contribution < 1.29 is 35.9 Å². The van der Waals surface area contributed by atoms with Gasteiger partial charge < -0.3 is 4.74 Å². The highest BCUT2D eigenvalue weighted by Gasteiger charge is 2.63. The molecule has 28 heavy (non-hydrogen) atoms. The van der Waals surface area contributed by atoms with Gasteiger partial charge in [0.2, 0.25) is 0 Å². The van der Waals surface area contributed by atoms with Crippen LogP contribution in [0.3, 0.4) is 0 Å². The van der Waals surface area contributed by atoms with Crippen LogP contribution in [0.5, 0.6) is 0 Å². The summed E-state index contributed by atoms with van der Waals surface area (Å²) < 4.78 is 86.8. The largest absolute Gasteiger partial charge is 0.460 e. The fraction of sp³-hybridized carbons (Fsp3) is 0.450. The van der Waals surface area contributed by atoms with Crippen molar-refractivity contribution >= 4 is 5.97 Å². The van der Waals surface area contributed by atoms with Crippen LogP contribution in [-0.2, 0) is 16.1 Å². The van der Waals surface area contributed by atoms with Gasteiger partial charge in [0.25, 0.3) is 5.92 Å². The number of carbonyl (C=O) groups excluding carboxylic acids is 1. The minimum absolute atomic E-state index is 0.0604. The van der Waals surface area contributed by atoms with Crippen LogP contribution >= 0.6 is 0 Å². The zero-order chi connectivity index (χ0) is 21.0. The van der Waals surface area contributed by atoms with Gasteiger partial charge in [0.1, 0.15) is 12.2 Å². The molecule has 0 radical (unpaired) electrons. The molecule has 1 aromatic carbocycles. The molecule has 0 bridgehead atoms. The highest BCUT2D eigenvalue weighted by Crippen LogP contribution is 2.62. The Hall–Kier alpha value is -2.43. The third-order valence-electron chi connectivity index (χ3n) is 5.27. The number of hydrogen-bond acceptors (Lipinski definition) is 2. The van der Waals surface area contributed by atoms with Gasteiger partial charge in [-0.25, -0.2) is 26.3 Å². The SMILES string of the molecule is CC#Cc1c(F)c(F)c(COC(=O)C2C(C=C3CC3(F)F)C2(C)C)c(F)c1F. The Kier molecular flexibility index (Phi) is 4.77. The third-order valence-corrected chi connectivity index (χ3v) is 5.27. The van der Waals surface area contributed by atoms with Gasteiger partial charge in [0, 0.05) is 12.0 Å². The molecule has 0 aliphatic heterocycles. The van der Waals surface area contributed by atoms with Crippen molar-refractivity contribution in [3.05, 3.63) is 46.0 Å². The van der Waals surface area contributed by atoms with Crippen molar-refractivity contribution in [3.63, 3.8) is 0 Å². The molecule has 1 aromatic rings. The van der Waals surface area contributed by atoms with Crippen LogP contribution in [0.1, 0.15) is 38.3 Å². The predicted octanol–water partition coefficient (Wildman–Crippen LogP) is 4.90. The molecule has 2 fully saturated rings. The van der Waals surface area contributed by atoms with Crippen molar-refractivity contribution in [3.8, 4) is 11.8 Å². The van der Waals surface area contributed by atoms with E-state index in [0.717, 1.165) is 0 Å². The molecule has 150 valence electrons. The van der Waals surface area contributed by atoms with Crippen LogP contribution in [0.4, 0.5) is 26.3 Å². The molecule has 2 saturated carbocycles. The second-order valence-corrected chi connectivity index (χ2v) is 7.49. The first-order chi connectivity index (χ1) is 12.9. The summed E-state index contributed by atoms with van der Waals surface area (Å²) in [6, 6.07) is 0. The molecule has 2 aliphatic rings. The fourth-order valence-electron chi connectivity index (χ4n) is 3.30. The first-order valence-electron chi connectivity index (χ1n) is 8.46. The number of alkyl halides is 2. The highest BCUT2D eigenvalue weighted by molar-refractivity contribution is 5.78. The summed E-state index contributed by atoms with van der Waals surface area (Å²) in [4.78, 5) is 12.2. The summed E-state index contributed by atoms with van der Waals surface area (Å²) in [5, 5.41) is 0. The second-order valence-electron chi connectivity index (χ2n) is 7.49. The minimum Gasteiger partial charge on any atom is -0.460 e. The van der Waals surface area contributed by atoms with E-state index in [0.29, 0.717) is 0 Å². The maximum absolute atomic E-state index is 14.1. The van der Waals surface area contributed by atoms with E-state index in [2.05, 4.69) is 5.92 Å². The highest BCUT2D eigenvalue weighted by atomic mass is 19.3. The molecule has 2 nitrogen and oxygen atoms in total. The summed E-state index contributed by atoms with van der Waals surface area (Å²) in [7, 11) is 0. The Morgan fingerprint density at radius 1 is 1.14 bits per heavy atom.